The van der Waals surface area contributed by atoms with Crippen molar-refractivity contribution in [2.75, 3.05) is 40.9 Å². The molecule has 6 aliphatic heterocycles. The number of phenols is 1. The van der Waals surface area contributed by atoms with Crippen LogP contribution in [0.5, 0.6) is 46.0 Å². The Bertz CT molecular complexity index is 2160. The number of methoxy groups -OCH3 is 2. The van der Waals surface area contributed by atoms with Crippen molar-refractivity contribution >= 4 is 22.4 Å². The van der Waals surface area contributed by atoms with E-state index in [9.17, 15) is 5.11 Å². The third kappa shape index (κ3) is 11.4. The summed E-state index contributed by atoms with van der Waals surface area (Å²) in [6.07, 6.45) is 4.00. The van der Waals surface area contributed by atoms with Gasteiger partial charge in [0.15, 0.2) is 46.0 Å². The monoisotopic (exact) mass is 954 g/mol. The van der Waals surface area contributed by atoms with E-state index in [1.807, 2.05) is 12.1 Å². The molecule has 0 spiro atoms. The van der Waals surface area contributed by atoms with Gasteiger partial charge in [-0.1, -0.05) is 41.9 Å². The number of ether oxygens (including phenoxy) is 7. The number of carbonyl (C=O) groups excluding carboxylic acids is 1. The Morgan fingerprint density at radius 3 is 1.61 bits per heavy atom. The molecule has 1 N–H and O–H groups in total. The molecule has 2 atom stereocenters. The first-order chi connectivity index (χ1) is 28.5. The first-order valence-corrected chi connectivity index (χ1v) is 20.9. The molecule has 0 aliphatic carbocycles. The summed E-state index contributed by atoms with van der Waals surface area (Å²) in [6.45, 7) is 12.4. The molecule has 16 heteroatoms. The fourth-order valence-corrected chi connectivity index (χ4v) is 8.69. The minimum atomic E-state index is -0.181. The second kappa shape index (κ2) is 23.0. The Balaban J connectivity index is 0.000000224. The molecule has 61 heavy (non-hydrogen) atoms. The van der Waals surface area contributed by atoms with Crippen LogP contribution in [0.2, 0.25) is 0 Å². The predicted molar refractivity (Wildman–Crippen MR) is 222 cm³/mol. The molecular weight excluding hydrogens is 903 g/mol. The van der Waals surface area contributed by atoms with Crippen molar-refractivity contribution in [1.82, 2.24) is 9.80 Å². The Morgan fingerprint density at radius 2 is 1.16 bits per heavy atom. The normalized spacial score (nSPS) is 18.1. The maximum Gasteiger partial charge on any atom is 1.00 e. The average molecular weight is 956 g/mol. The number of halogens is 1. The molecule has 0 amide bonds. The molecule has 318 valence electrons. The standard InChI is InChI=1S/C22H25NO4.C19H19NO4.C3H7Br.CH2O3.2K.H/c1-13(2)27-22-17-11-23-7-6-15-9-20-21(26-12-25-20)10-16(15)18(23)8-14(17)4-5-19(22)24-3;1-22-16-3-2-11-6-15-13-8-18-17(23-10-24-18)7-12(13)4-5-20(15)9-14(11)19(16)21;1-3(2)4;2-1-4-3;;;/h4-5,9-10,13,18H,6-8,11-12H2,1-3H3;2-3,7-8,15,21H,4-6,9-10H2,1H3;3H,1-2H3;1,3H;;;/q;;;;2*+1;-1/p-1. The summed E-state index contributed by atoms with van der Waals surface area (Å²) in [6, 6.07) is 17.5. The molecule has 13 nitrogen and oxygen atoms in total. The number of aromatic hydroxyl groups is 1. The number of carbonyl (C=O) groups is 1. The van der Waals surface area contributed by atoms with E-state index < -0.39 is 0 Å². The van der Waals surface area contributed by atoms with Crippen LogP contribution in [0, 0.1) is 0 Å². The van der Waals surface area contributed by atoms with Crippen molar-refractivity contribution in [3.05, 3.63) is 93.0 Å². The van der Waals surface area contributed by atoms with Crippen LogP contribution in [0.1, 0.15) is 85.7 Å². The Morgan fingerprint density at radius 1 is 0.738 bits per heavy atom. The van der Waals surface area contributed by atoms with Crippen molar-refractivity contribution in [1.29, 1.82) is 0 Å². The van der Waals surface area contributed by atoms with Crippen LogP contribution in [-0.2, 0) is 48.5 Å². The number of hydrogen-bond acceptors (Lipinski definition) is 13. The maximum atomic E-state index is 10.5. The molecule has 6 heterocycles. The van der Waals surface area contributed by atoms with Gasteiger partial charge in [0, 0.05) is 54.2 Å². The predicted octanol–water partition coefficient (Wildman–Crippen LogP) is 0.997. The van der Waals surface area contributed by atoms with E-state index in [1.54, 1.807) is 14.2 Å². The van der Waals surface area contributed by atoms with Gasteiger partial charge in [-0.05, 0) is 109 Å². The van der Waals surface area contributed by atoms with Crippen LogP contribution in [0.25, 0.3) is 0 Å². The van der Waals surface area contributed by atoms with Gasteiger partial charge >= 0.3 is 103 Å². The molecule has 0 saturated heterocycles. The zero-order valence-electron chi connectivity index (χ0n) is 37.4. The largest absolute Gasteiger partial charge is 1.00 e. The molecule has 0 saturated carbocycles. The first kappa shape index (κ1) is 50.4. The van der Waals surface area contributed by atoms with Gasteiger partial charge in [0.2, 0.25) is 13.6 Å². The summed E-state index contributed by atoms with van der Waals surface area (Å²) in [5, 5.41) is 18.9. The first-order valence-electron chi connectivity index (χ1n) is 20.0. The van der Waals surface area contributed by atoms with Crippen LogP contribution in [0.4, 0.5) is 0 Å². The quantitative estimate of drug-likeness (QED) is 0.100. The van der Waals surface area contributed by atoms with Crippen molar-refractivity contribution in [3.63, 3.8) is 0 Å². The van der Waals surface area contributed by atoms with E-state index in [2.05, 4.69) is 94.7 Å². The van der Waals surface area contributed by atoms with Gasteiger partial charge in [-0.2, -0.15) is 0 Å². The van der Waals surface area contributed by atoms with E-state index in [0.717, 1.165) is 91.9 Å². The van der Waals surface area contributed by atoms with Crippen LogP contribution in [0.15, 0.2) is 48.5 Å². The number of fused-ring (bicyclic) bond motifs is 10. The van der Waals surface area contributed by atoms with Gasteiger partial charge in [-0.3, -0.25) is 14.6 Å². The van der Waals surface area contributed by atoms with E-state index in [1.165, 1.54) is 38.9 Å². The third-order valence-electron chi connectivity index (χ3n) is 11.3. The minimum Gasteiger partial charge on any atom is -1.00 e. The SMILES string of the molecule is CC(C)Br.COc1ccc2c(c1O)CN1CCc3cc4c(cc3C1C2)OCO4.COc1ccc2c(c1OC(C)C)CN1CCc3cc4c(cc3C1C2)OCO4.O=CO[O-].[H-].[K+].[K+]. The molecule has 0 aromatic heterocycles. The number of rotatable bonds is 5. The van der Waals surface area contributed by atoms with Gasteiger partial charge in [0.1, 0.15) is 0 Å². The molecule has 2 unspecified atom stereocenters. The average Bonchev–Trinajstić information content (AvgIpc) is 3.90. The Labute approximate surface area is 453 Å². The number of nitrogens with zero attached hydrogens (tertiary/aromatic N) is 2. The van der Waals surface area contributed by atoms with E-state index in [0.29, 0.717) is 36.2 Å². The van der Waals surface area contributed by atoms with Gasteiger partial charge in [0.05, 0.1) is 20.3 Å². The van der Waals surface area contributed by atoms with Crippen molar-refractivity contribution < 1.29 is 157 Å². The number of benzene rings is 4. The summed E-state index contributed by atoms with van der Waals surface area (Å²) in [5.74, 6) is 6.02. The minimum absolute atomic E-state index is 0. The summed E-state index contributed by atoms with van der Waals surface area (Å²) in [7, 11) is 3.30. The molecule has 4 aromatic carbocycles. The maximum absolute atomic E-state index is 10.5. The van der Waals surface area contributed by atoms with E-state index in [-0.39, 0.29) is 123 Å². The van der Waals surface area contributed by atoms with Crippen molar-refractivity contribution in [3.8, 4) is 46.0 Å². The third-order valence-corrected chi connectivity index (χ3v) is 11.3. The van der Waals surface area contributed by atoms with E-state index >= 15 is 0 Å². The zero-order valence-corrected chi connectivity index (χ0v) is 44.2. The van der Waals surface area contributed by atoms with Crippen molar-refractivity contribution in [2.24, 2.45) is 0 Å². The van der Waals surface area contributed by atoms with Gasteiger partial charge in [0.25, 0.3) is 6.47 Å². The molecule has 0 fully saturated rings. The molecule has 0 radical (unpaired) electrons. The fourth-order valence-electron chi connectivity index (χ4n) is 8.69. The Kier molecular flexibility index (Phi) is 19.0. The molecule has 6 aliphatic rings. The summed E-state index contributed by atoms with van der Waals surface area (Å²) in [5.41, 5.74) is 10.2. The topological polar surface area (TPSA) is 141 Å². The summed E-state index contributed by atoms with van der Waals surface area (Å²) < 4.78 is 39.3. The second-order valence-corrected chi connectivity index (χ2v) is 17.4. The zero-order chi connectivity index (χ0) is 41.8. The fraction of sp³-hybridized carbons (Fsp3) is 0.444. The number of hydrogen-bond donors (Lipinski definition) is 1. The molecule has 4 aromatic rings. The summed E-state index contributed by atoms with van der Waals surface area (Å²) in [4.78, 5) is 16.9. The molecule has 10 rings (SSSR count). The van der Waals surface area contributed by atoms with E-state index in [4.69, 9.17) is 43.2 Å². The summed E-state index contributed by atoms with van der Waals surface area (Å²) >= 11 is 3.27. The Hall–Kier alpha value is -1.62. The van der Waals surface area contributed by atoms with Gasteiger partial charge < -0.3 is 49.8 Å². The molecule has 0 bridgehead atoms. The van der Waals surface area contributed by atoms with Gasteiger partial charge in [-0.25, -0.2) is 0 Å². The van der Waals surface area contributed by atoms with Crippen molar-refractivity contribution in [2.45, 2.75) is 89.5 Å². The molecular formula is C45H53BrK2N2O11. The van der Waals surface area contributed by atoms with Crippen LogP contribution < -0.4 is 141 Å². The van der Waals surface area contributed by atoms with Gasteiger partial charge in [-0.15, -0.1) is 0 Å². The smallest absolute Gasteiger partial charge is 1.00 e. The van der Waals surface area contributed by atoms with Crippen LogP contribution in [0.3, 0.4) is 0 Å². The second-order valence-electron chi connectivity index (χ2n) is 15.6. The number of phenolic OH excluding ortho intramolecular Hbond substituents is 1. The van der Waals surface area contributed by atoms with Crippen LogP contribution >= 0.6 is 15.9 Å². The van der Waals surface area contributed by atoms with Crippen LogP contribution in [-0.4, -0.2) is 73.2 Å². The number of alkyl halides is 1.